The number of allylic oxidation sites excluding steroid dienone is 1. The smallest absolute Gasteiger partial charge is 0.270 e. The fraction of sp³-hybridized carbons (Fsp3) is 0.179. The SMILES string of the molecule is COc1cccc(C(CNC(=O)c2c3c(nc4ccccc24)/C(=C/c2cccc([N+](=O)[O-])c2)CCC3)c2c[nH]c3ccccc23)c1OC. The van der Waals surface area contributed by atoms with Gasteiger partial charge < -0.3 is 19.8 Å². The largest absolute Gasteiger partial charge is 0.493 e. The Morgan fingerprint density at radius 3 is 2.56 bits per heavy atom. The second-order valence-electron chi connectivity index (χ2n) is 11.8. The van der Waals surface area contributed by atoms with Crippen molar-refractivity contribution in [3.8, 4) is 11.5 Å². The maximum atomic E-state index is 14.5. The third-order valence-corrected chi connectivity index (χ3v) is 9.09. The number of aromatic nitrogens is 2. The van der Waals surface area contributed by atoms with Gasteiger partial charge in [0.1, 0.15) is 0 Å². The van der Waals surface area contributed by atoms with Gasteiger partial charge in [-0.25, -0.2) is 4.98 Å². The van der Waals surface area contributed by atoms with E-state index in [0.717, 1.165) is 68.2 Å². The fourth-order valence-electron chi connectivity index (χ4n) is 6.90. The number of carbonyl (C=O) groups excluding carboxylic acids is 1. The molecule has 0 spiro atoms. The Kier molecular flexibility index (Phi) is 8.33. The van der Waals surface area contributed by atoms with E-state index in [0.29, 0.717) is 30.0 Å². The summed E-state index contributed by atoms with van der Waals surface area (Å²) in [5.74, 6) is 0.784. The molecule has 1 aliphatic carbocycles. The van der Waals surface area contributed by atoms with Gasteiger partial charge in [0.2, 0.25) is 0 Å². The number of nitro groups is 1. The number of rotatable bonds is 9. The van der Waals surface area contributed by atoms with Crippen molar-refractivity contribution < 1.29 is 19.2 Å². The van der Waals surface area contributed by atoms with Crippen LogP contribution in [0.2, 0.25) is 0 Å². The molecule has 0 radical (unpaired) electrons. The van der Waals surface area contributed by atoms with Crippen LogP contribution in [0.4, 0.5) is 5.69 Å². The molecule has 2 heterocycles. The summed E-state index contributed by atoms with van der Waals surface area (Å²) in [5.41, 5.74) is 7.61. The van der Waals surface area contributed by atoms with Crippen LogP contribution in [0.25, 0.3) is 33.5 Å². The highest BCUT2D eigenvalue weighted by atomic mass is 16.6. The van der Waals surface area contributed by atoms with E-state index in [1.165, 1.54) is 6.07 Å². The van der Waals surface area contributed by atoms with Crippen LogP contribution in [0.1, 0.15) is 57.1 Å². The average molecular weight is 639 g/mol. The summed E-state index contributed by atoms with van der Waals surface area (Å²) in [6.45, 7) is 0.298. The van der Waals surface area contributed by atoms with Gasteiger partial charge in [-0.1, -0.05) is 60.7 Å². The van der Waals surface area contributed by atoms with E-state index in [2.05, 4.69) is 16.4 Å². The number of para-hydroxylation sites is 3. The number of carbonyl (C=O) groups is 1. The predicted molar refractivity (Wildman–Crippen MR) is 188 cm³/mol. The van der Waals surface area contributed by atoms with Crippen LogP contribution in [-0.2, 0) is 6.42 Å². The van der Waals surface area contributed by atoms with Crippen molar-refractivity contribution in [2.24, 2.45) is 0 Å². The number of ether oxygens (including phenoxy) is 2. The van der Waals surface area contributed by atoms with Gasteiger partial charge in [-0.3, -0.25) is 14.9 Å². The number of nitrogens with zero attached hydrogens (tertiary/aromatic N) is 2. The minimum absolute atomic E-state index is 0.0318. The van der Waals surface area contributed by atoms with E-state index in [-0.39, 0.29) is 17.5 Å². The first-order valence-corrected chi connectivity index (χ1v) is 15.9. The molecule has 6 aromatic rings. The monoisotopic (exact) mass is 638 g/mol. The van der Waals surface area contributed by atoms with E-state index in [1.54, 1.807) is 26.4 Å². The lowest BCUT2D eigenvalue weighted by atomic mass is 9.85. The molecule has 9 heteroatoms. The summed E-state index contributed by atoms with van der Waals surface area (Å²) < 4.78 is 11.5. The molecular formula is C39H34N4O5. The van der Waals surface area contributed by atoms with Gasteiger partial charge in [0.15, 0.2) is 11.5 Å². The zero-order valence-electron chi connectivity index (χ0n) is 26.7. The van der Waals surface area contributed by atoms with Crippen LogP contribution >= 0.6 is 0 Å². The highest BCUT2D eigenvalue weighted by Gasteiger charge is 2.28. The molecule has 1 aliphatic rings. The van der Waals surface area contributed by atoms with Gasteiger partial charge in [-0.15, -0.1) is 0 Å². The number of nitrogens with one attached hydrogen (secondary N) is 2. The molecule has 2 N–H and O–H groups in total. The summed E-state index contributed by atoms with van der Waals surface area (Å²) in [4.78, 5) is 33.9. The number of hydrogen-bond donors (Lipinski definition) is 2. The van der Waals surface area contributed by atoms with Gasteiger partial charge >= 0.3 is 0 Å². The Morgan fingerprint density at radius 1 is 0.958 bits per heavy atom. The van der Waals surface area contributed by atoms with E-state index < -0.39 is 4.92 Å². The Balaban J connectivity index is 1.31. The molecule has 1 atom stereocenters. The number of pyridine rings is 1. The topological polar surface area (TPSA) is 119 Å². The fourth-order valence-corrected chi connectivity index (χ4v) is 6.90. The zero-order valence-corrected chi connectivity index (χ0v) is 26.7. The highest BCUT2D eigenvalue weighted by Crippen LogP contribution is 2.41. The lowest BCUT2D eigenvalue weighted by molar-refractivity contribution is -0.384. The van der Waals surface area contributed by atoms with E-state index in [9.17, 15) is 14.9 Å². The van der Waals surface area contributed by atoms with Crippen molar-refractivity contribution in [1.29, 1.82) is 0 Å². The number of benzene rings is 4. The molecule has 0 aliphatic heterocycles. The molecule has 2 aromatic heterocycles. The first kappa shape index (κ1) is 30.7. The molecule has 7 rings (SSSR count). The highest BCUT2D eigenvalue weighted by molar-refractivity contribution is 6.09. The number of H-pyrrole nitrogens is 1. The van der Waals surface area contributed by atoms with Crippen LogP contribution in [0, 0.1) is 10.1 Å². The lowest BCUT2D eigenvalue weighted by Crippen LogP contribution is -2.31. The average Bonchev–Trinajstić information content (AvgIpc) is 3.54. The minimum Gasteiger partial charge on any atom is -0.493 e. The van der Waals surface area contributed by atoms with Gasteiger partial charge in [0, 0.05) is 52.6 Å². The number of hydrogen-bond acceptors (Lipinski definition) is 6. The first-order valence-electron chi connectivity index (χ1n) is 15.9. The quantitative estimate of drug-likeness (QED) is 0.122. The maximum absolute atomic E-state index is 14.5. The van der Waals surface area contributed by atoms with Crippen molar-refractivity contribution in [1.82, 2.24) is 15.3 Å². The van der Waals surface area contributed by atoms with Crippen molar-refractivity contribution in [3.05, 3.63) is 141 Å². The number of methoxy groups -OCH3 is 2. The molecule has 1 amide bonds. The zero-order chi connectivity index (χ0) is 33.2. The third-order valence-electron chi connectivity index (χ3n) is 9.09. The van der Waals surface area contributed by atoms with Gasteiger partial charge in [0.25, 0.3) is 11.6 Å². The molecule has 0 bridgehead atoms. The number of amides is 1. The van der Waals surface area contributed by atoms with Gasteiger partial charge in [-0.05, 0) is 65.8 Å². The summed E-state index contributed by atoms with van der Waals surface area (Å²) in [6.07, 6.45) is 6.22. The molecule has 4 aromatic carbocycles. The summed E-state index contributed by atoms with van der Waals surface area (Å²) >= 11 is 0. The van der Waals surface area contributed by atoms with Crippen LogP contribution in [0.15, 0.2) is 97.2 Å². The first-order chi connectivity index (χ1) is 23.5. The Labute approximate surface area is 277 Å². The molecule has 48 heavy (non-hydrogen) atoms. The van der Waals surface area contributed by atoms with Crippen LogP contribution in [0.5, 0.6) is 11.5 Å². The van der Waals surface area contributed by atoms with Crippen molar-refractivity contribution >= 4 is 45.0 Å². The van der Waals surface area contributed by atoms with E-state index in [1.807, 2.05) is 79.0 Å². The second kappa shape index (κ2) is 13.0. The molecular weight excluding hydrogens is 604 g/mol. The van der Waals surface area contributed by atoms with Crippen molar-refractivity contribution in [2.45, 2.75) is 25.2 Å². The lowest BCUT2D eigenvalue weighted by Gasteiger charge is -2.24. The molecule has 240 valence electrons. The van der Waals surface area contributed by atoms with Crippen LogP contribution < -0.4 is 14.8 Å². The summed E-state index contributed by atoms with van der Waals surface area (Å²) in [5, 5.41) is 16.6. The van der Waals surface area contributed by atoms with Crippen molar-refractivity contribution in [2.75, 3.05) is 20.8 Å². The summed E-state index contributed by atoms with van der Waals surface area (Å²) in [7, 11) is 3.24. The Bertz CT molecular complexity index is 2220. The molecule has 0 saturated heterocycles. The Hall–Kier alpha value is -5.96. The third kappa shape index (κ3) is 5.64. The molecule has 9 nitrogen and oxygen atoms in total. The number of non-ortho nitro benzene ring substituents is 1. The van der Waals surface area contributed by atoms with Crippen molar-refractivity contribution in [3.63, 3.8) is 0 Å². The Morgan fingerprint density at radius 2 is 1.75 bits per heavy atom. The second-order valence-corrected chi connectivity index (χ2v) is 11.8. The molecule has 1 unspecified atom stereocenters. The maximum Gasteiger partial charge on any atom is 0.270 e. The van der Waals surface area contributed by atoms with E-state index >= 15 is 0 Å². The van der Waals surface area contributed by atoms with E-state index in [4.69, 9.17) is 14.5 Å². The number of nitro benzene ring substituents is 1. The molecule has 0 saturated carbocycles. The number of aromatic amines is 1. The van der Waals surface area contributed by atoms with Crippen LogP contribution in [-0.4, -0.2) is 41.6 Å². The van der Waals surface area contributed by atoms with Gasteiger partial charge in [-0.2, -0.15) is 0 Å². The van der Waals surface area contributed by atoms with Gasteiger partial charge in [0.05, 0.1) is 35.9 Å². The summed E-state index contributed by atoms with van der Waals surface area (Å²) in [6, 6.07) is 28.2. The normalized spacial score (nSPS) is 14.1. The standard InChI is InChI=1S/C39H34N4O5/c1-47-35-19-9-15-28(38(35)48-2)32(31-22-40-33-17-5-3-13-27(31)33)23-41-39(44)36-29-14-4-6-18-34(29)42-37-25(11-8-16-30(36)37)20-24-10-7-12-26(21-24)43(45)46/h3-7,9-10,12-15,17-22,32,40H,8,11,16,23H2,1-2H3,(H,41,44)/b25-20+. The predicted octanol–water partition coefficient (Wildman–Crippen LogP) is 8.08. The van der Waals surface area contributed by atoms with Crippen LogP contribution in [0.3, 0.4) is 0 Å². The molecule has 0 fully saturated rings. The number of fused-ring (bicyclic) bond motifs is 3. The minimum atomic E-state index is -0.393.